The smallest absolute Gasteiger partial charge is 0.410 e. The monoisotopic (exact) mass is 556 g/mol. The van der Waals surface area contributed by atoms with Crippen LogP contribution >= 0.6 is 11.6 Å². The number of hydrogen-bond acceptors (Lipinski definition) is 7. The normalized spacial score (nSPS) is 18.8. The van der Waals surface area contributed by atoms with Crippen LogP contribution in [-0.4, -0.2) is 60.4 Å². The molecule has 10 nitrogen and oxygen atoms in total. The topological polar surface area (TPSA) is 104 Å². The average Bonchev–Trinajstić information content (AvgIpc) is 3.55. The number of amides is 1. The number of cyclic esters (lactones) is 1. The summed E-state index contributed by atoms with van der Waals surface area (Å²) in [5.74, 6) is 1.14. The fourth-order valence-electron chi connectivity index (χ4n) is 5.53. The second-order valence-corrected chi connectivity index (χ2v) is 10.6. The predicted molar refractivity (Wildman–Crippen MR) is 149 cm³/mol. The summed E-state index contributed by atoms with van der Waals surface area (Å²) in [7, 11) is 0. The molecule has 2 aromatic carbocycles. The van der Waals surface area contributed by atoms with Gasteiger partial charge in [-0.25, -0.2) is 19.3 Å². The molecule has 0 saturated carbocycles. The van der Waals surface area contributed by atoms with E-state index in [-0.39, 0.29) is 23.8 Å². The van der Waals surface area contributed by atoms with E-state index in [1.54, 1.807) is 26.2 Å². The van der Waals surface area contributed by atoms with Gasteiger partial charge in [0.25, 0.3) is 5.56 Å². The first-order valence-corrected chi connectivity index (χ1v) is 13.5. The van der Waals surface area contributed by atoms with Gasteiger partial charge >= 0.3 is 6.09 Å². The van der Waals surface area contributed by atoms with Crippen LogP contribution in [0.15, 0.2) is 65.7 Å². The molecule has 2 fully saturated rings. The first-order valence-electron chi connectivity index (χ1n) is 13.1. The van der Waals surface area contributed by atoms with Crippen LogP contribution in [0.2, 0.25) is 5.02 Å². The van der Waals surface area contributed by atoms with E-state index < -0.39 is 0 Å². The van der Waals surface area contributed by atoms with Gasteiger partial charge in [0.05, 0.1) is 29.2 Å². The van der Waals surface area contributed by atoms with E-state index in [0.717, 1.165) is 11.1 Å². The van der Waals surface area contributed by atoms with Crippen molar-refractivity contribution in [3.05, 3.63) is 87.7 Å². The molecule has 5 aromatic rings. The number of fused-ring (bicyclic) bond motifs is 3. The van der Waals surface area contributed by atoms with Gasteiger partial charge in [0, 0.05) is 48.4 Å². The van der Waals surface area contributed by atoms with E-state index >= 15 is 0 Å². The van der Waals surface area contributed by atoms with Crippen molar-refractivity contribution in [2.24, 2.45) is 0 Å². The third-order valence-corrected chi connectivity index (χ3v) is 7.86. The van der Waals surface area contributed by atoms with Crippen molar-refractivity contribution < 1.29 is 14.3 Å². The van der Waals surface area contributed by atoms with Gasteiger partial charge in [0.15, 0.2) is 5.65 Å². The molecule has 2 saturated heterocycles. The molecule has 40 heavy (non-hydrogen) atoms. The molecule has 7 rings (SSSR count). The lowest BCUT2D eigenvalue weighted by molar-refractivity contribution is 0.0941. The minimum atomic E-state index is -0.269. The van der Waals surface area contributed by atoms with Gasteiger partial charge in [-0.1, -0.05) is 23.7 Å². The Bertz CT molecular complexity index is 1800. The second-order valence-electron chi connectivity index (χ2n) is 10.2. The molecular weight excluding hydrogens is 532 g/mol. The molecule has 0 spiro atoms. The van der Waals surface area contributed by atoms with Gasteiger partial charge in [0.1, 0.15) is 24.3 Å². The average molecular weight is 557 g/mol. The first-order chi connectivity index (χ1) is 19.4. The molecule has 0 bridgehead atoms. The summed E-state index contributed by atoms with van der Waals surface area (Å²) in [5.41, 5.74) is 3.43. The maximum Gasteiger partial charge on any atom is 0.410 e. The van der Waals surface area contributed by atoms with Gasteiger partial charge in [0.2, 0.25) is 0 Å². The summed E-state index contributed by atoms with van der Waals surface area (Å²) in [4.78, 5) is 36.7. The van der Waals surface area contributed by atoms with Crippen molar-refractivity contribution in [2.45, 2.75) is 38.5 Å². The molecule has 0 aliphatic carbocycles. The number of rotatable bonds is 5. The number of benzene rings is 2. The van der Waals surface area contributed by atoms with Crippen molar-refractivity contribution in [1.29, 1.82) is 0 Å². The molecule has 5 heterocycles. The molecule has 2 aliphatic heterocycles. The van der Waals surface area contributed by atoms with Crippen LogP contribution in [0.1, 0.15) is 24.2 Å². The summed E-state index contributed by atoms with van der Waals surface area (Å²) >= 11 is 6.05. The number of ether oxygens (including phenoxy) is 2. The Morgan fingerprint density at radius 3 is 2.83 bits per heavy atom. The van der Waals surface area contributed by atoms with Crippen LogP contribution in [0.25, 0.3) is 27.8 Å². The molecule has 1 amide bonds. The lowest BCUT2D eigenvalue weighted by Gasteiger charge is -2.33. The van der Waals surface area contributed by atoms with Crippen molar-refractivity contribution in [2.75, 3.05) is 13.2 Å². The standard InChI is InChI=1S/C29H25ClN6O4/c1-17-32-24-12-22(25-14-27-31-8-2-9-36(27)33-25)26(40-21-7-10-34-20(11-21)16-39-29(34)38)13-23(24)28(37)35(17)15-18-3-5-19(30)6-4-18/h2-6,8-9,12-14,20-21H,7,10-11,15-16H2,1H3/t20-,21-/m0/s1. The molecule has 3 aromatic heterocycles. The lowest BCUT2D eigenvalue weighted by Crippen LogP contribution is -2.44. The zero-order chi connectivity index (χ0) is 27.4. The predicted octanol–water partition coefficient (Wildman–Crippen LogP) is 4.48. The maximum atomic E-state index is 13.8. The Balaban J connectivity index is 1.32. The highest BCUT2D eigenvalue weighted by Crippen LogP contribution is 2.36. The van der Waals surface area contributed by atoms with E-state index in [1.165, 1.54) is 0 Å². The van der Waals surface area contributed by atoms with Crippen molar-refractivity contribution >= 4 is 34.2 Å². The van der Waals surface area contributed by atoms with E-state index in [4.69, 9.17) is 31.2 Å². The Kier molecular flexibility index (Phi) is 5.92. The molecule has 11 heteroatoms. The Morgan fingerprint density at radius 1 is 1.15 bits per heavy atom. The molecule has 0 N–H and O–H groups in total. The summed E-state index contributed by atoms with van der Waals surface area (Å²) in [6.45, 7) is 3.12. The minimum Gasteiger partial charge on any atom is -0.490 e. The van der Waals surface area contributed by atoms with Crippen LogP contribution < -0.4 is 10.3 Å². The highest BCUT2D eigenvalue weighted by molar-refractivity contribution is 6.30. The van der Waals surface area contributed by atoms with Crippen molar-refractivity contribution in [1.82, 2.24) is 29.0 Å². The van der Waals surface area contributed by atoms with Crippen LogP contribution in [0.5, 0.6) is 5.75 Å². The number of carbonyl (C=O) groups is 1. The second kappa shape index (κ2) is 9.63. The lowest BCUT2D eigenvalue weighted by atomic mass is 10.0. The number of halogens is 1. The molecule has 0 unspecified atom stereocenters. The fourth-order valence-corrected chi connectivity index (χ4v) is 5.65. The third kappa shape index (κ3) is 4.34. The van der Waals surface area contributed by atoms with Gasteiger partial charge in [-0.3, -0.25) is 9.36 Å². The van der Waals surface area contributed by atoms with Crippen LogP contribution in [-0.2, 0) is 11.3 Å². The van der Waals surface area contributed by atoms with Crippen molar-refractivity contribution in [3.8, 4) is 17.0 Å². The van der Waals surface area contributed by atoms with Crippen LogP contribution in [0.4, 0.5) is 4.79 Å². The van der Waals surface area contributed by atoms with Gasteiger partial charge in [-0.2, -0.15) is 5.10 Å². The minimum absolute atomic E-state index is 0.0181. The zero-order valence-corrected chi connectivity index (χ0v) is 22.4. The molecular formula is C29H25ClN6O4. The van der Waals surface area contributed by atoms with E-state index in [0.29, 0.717) is 71.4 Å². The Labute approximate surface area is 233 Å². The summed E-state index contributed by atoms with van der Waals surface area (Å²) in [6, 6.07) is 14.7. The Hall–Kier alpha value is -4.44. The zero-order valence-electron chi connectivity index (χ0n) is 21.7. The number of nitrogens with zero attached hydrogens (tertiary/aromatic N) is 6. The Morgan fingerprint density at radius 2 is 2.00 bits per heavy atom. The molecule has 0 radical (unpaired) electrons. The van der Waals surface area contributed by atoms with Crippen LogP contribution in [0, 0.1) is 6.92 Å². The maximum absolute atomic E-state index is 13.8. The molecule has 2 aliphatic rings. The first kappa shape index (κ1) is 24.6. The number of carbonyl (C=O) groups excluding carboxylic acids is 1. The van der Waals surface area contributed by atoms with E-state index in [1.807, 2.05) is 55.6 Å². The number of piperidine rings is 1. The number of aryl methyl sites for hydroxylation is 1. The van der Waals surface area contributed by atoms with Gasteiger partial charge < -0.3 is 14.4 Å². The summed E-state index contributed by atoms with van der Waals surface area (Å²) in [5, 5.41) is 5.81. The SMILES string of the molecule is Cc1nc2cc(-c3cc4ncccn4n3)c(O[C@H]3CCN4C(=O)OC[C@@H]4C3)cc2c(=O)n1Cc1ccc(Cl)cc1. The molecule has 2 atom stereocenters. The summed E-state index contributed by atoms with van der Waals surface area (Å²) < 4.78 is 15.2. The van der Waals surface area contributed by atoms with E-state index in [2.05, 4.69) is 4.98 Å². The number of aromatic nitrogens is 5. The van der Waals surface area contributed by atoms with Crippen LogP contribution in [0.3, 0.4) is 0 Å². The van der Waals surface area contributed by atoms with Gasteiger partial charge in [-0.15, -0.1) is 0 Å². The highest BCUT2D eigenvalue weighted by Gasteiger charge is 2.39. The number of hydrogen-bond donors (Lipinski definition) is 0. The van der Waals surface area contributed by atoms with E-state index in [9.17, 15) is 9.59 Å². The summed E-state index contributed by atoms with van der Waals surface area (Å²) in [6.07, 6.45) is 4.42. The highest BCUT2D eigenvalue weighted by atomic mass is 35.5. The molecule has 202 valence electrons. The fraction of sp³-hybridized carbons (Fsp3) is 0.276. The van der Waals surface area contributed by atoms with Crippen molar-refractivity contribution in [3.63, 3.8) is 0 Å². The third-order valence-electron chi connectivity index (χ3n) is 7.61. The largest absolute Gasteiger partial charge is 0.490 e. The quantitative estimate of drug-likeness (QED) is 0.314. The van der Waals surface area contributed by atoms with Gasteiger partial charge in [-0.05, 0) is 42.8 Å².